The minimum absolute atomic E-state index is 0.314. The molecule has 2 atom stereocenters. The maximum atomic E-state index is 9.66. The summed E-state index contributed by atoms with van der Waals surface area (Å²) >= 11 is 0. The highest BCUT2D eigenvalue weighted by atomic mass is 16.3. The quantitative estimate of drug-likeness (QED) is 0.666. The summed E-state index contributed by atoms with van der Waals surface area (Å²) in [5, 5.41) is 9.66. The minimum Gasteiger partial charge on any atom is -0.387 e. The molecule has 2 unspecified atom stereocenters. The molecule has 0 bridgehead atoms. The predicted octanol–water partition coefficient (Wildman–Crippen LogP) is 1.98. The van der Waals surface area contributed by atoms with Crippen molar-refractivity contribution in [3.8, 4) is 0 Å². The van der Waals surface area contributed by atoms with E-state index < -0.39 is 0 Å². The molecule has 0 radical (unpaired) electrons. The molecule has 1 aliphatic heterocycles. The van der Waals surface area contributed by atoms with E-state index in [1.807, 2.05) is 18.4 Å². The first-order chi connectivity index (χ1) is 6.29. The maximum Gasteiger partial charge on any atom is 0.0981 e. The molecule has 0 saturated heterocycles. The second kappa shape index (κ2) is 4.42. The number of aliphatic hydroxyl groups is 1. The molecule has 0 amide bonds. The molecule has 0 spiro atoms. The van der Waals surface area contributed by atoms with Crippen LogP contribution in [0.25, 0.3) is 0 Å². The first kappa shape index (κ1) is 10.3. The van der Waals surface area contributed by atoms with Crippen molar-refractivity contribution >= 4 is 0 Å². The van der Waals surface area contributed by atoms with Gasteiger partial charge in [0.25, 0.3) is 0 Å². The van der Waals surface area contributed by atoms with Crippen molar-refractivity contribution in [2.45, 2.75) is 39.8 Å². The topological polar surface area (TPSA) is 38.0 Å². The normalized spacial score (nSPS) is 25.8. The third-order valence-electron chi connectivity index (χ3n) is 2.41. The molecule has 13 heavy (non-hydrogen) atoms. The van der Waals surface area contributed by atoms with E-state index in [1.54, 1.807) is 12.5 Å². The molecule has 2 heterocycles. The smallest absolute Gasteiger partial charge is 0.0981 e. The van der Waals surface area contributed by atoms with E-state index in [0.717, 1.165) is 18.7 Å². The Morgan fingerprint density at radius 2 is 2.23 bits per heavy atom. The van der Waals surface area contributed by atoms with Gasteiger partial charge in [-0.05, 0) is 12.3 Å². The molecule has 2 rings (SSSR count). The van der Waals surface area contributed by atoms with Crippen molar-refractivity contribution in [1.82, 2.24) is 9.55 Å². The fourth-order valence-corrected chi connectivity index (χ4v) is 1.56. The summed E-state index contributed by atoms with van der Waals surface area (Å²) in [7, 11) is 0. The van der Waals surface area contributed by atoms with E-state index in [4.69, 9.17) is 0 Å². The maximum absolute atomic E-state index is 9.66. The minimum atomic E-state index is -0.314. The Balaban J connectivity index is 0.000000396. The van der Waals surface area contributed by atoms with Gasteiger partial charge in [0.2, 0.25) is 0 Å². The highest BCUT2D eigenvalue weighted by Crippen LogP contribution is 2.28. The van der Waals surface area contributed by atoms with Gasteiger partial charge in [-0.2, -0.15) is 0 Å². The molecule has 3 nitrogen and oxygen atoms in total. The zero-order valence-corrected chi connectivity index (χ0v) is 8.57. The molecule has 1 aromatic rings. The van der Waals surface area contributed by atoms with Crippen LogP contribution in [0.5, 0.6) is 0 Å². The molecule has 1 aromatic heterocycles. The van der Waals surface area contributed by atoms with Crippen LogP contribution in [0, 0.1) is 5.92 Å². The number of hydrogen-bond acceptors (Lipinski definition) is 2. The molecular formula is C10H18N2O. The van der Waals surface area contributed by atoms with Gasteiger partial charge in [0.1, 0.15) is 0 Å². The Kier molecular flexibility index (Phi) is 3.48. The average Bonchev–Trinajstić information content (AvgIpc) is 2.63. The van der Waals surface area contributed by atoms with Crippen LogP contribution < -0.4 is 0 Å². The Hall–Kier alpha value is -0.830. The van der Waals surface area contributed by atoms with Gasteiger partial charge in [0.15, 0.2) is 0 Å². The summed E-state index contributed by atoms with van der Waals surface area (Å²) in [6.07, 6.45) is 4.26. The van der Waals surface area contributed by atoms with Crippen LogP contribution in [0.15, 0.2) is 12.5 Å². The molecule has 0 saturated carbocycles. The number of rotatable bonds is 0. The van der Waals surface area contributed by atoms with E-state index in [2.05, 4.69) is 11.9 Å². The van der Waals surface area contributed by atoms with E-state index in [9.17, 15) is 5.11 Å². The molecular weight excluding hydrogens is 164 g/mol. The first-order valence-corrected chi connectivity index (χ1v) is 4.97. The second-order valence-electron chi connectivity index (χ2n) is 3.22. The van der Waals surface area contributed by atoms with Crippen molar-refractivity contribution in [2.75, 3.05) is 0 Å². The van der Waals surface area contributed by atoms with Gasteiger partial charge in [-0.25, -0.2) is 4.98 Å². The van der Waals surface area contributed by atoms with Crippen LogP contribution in [0.4, 0.5) is 0 Å². The number of aliphatic hydroxyl groups excluding tert-OH is 1. The lowest BCUT2D eigenvalue weighted by molar-refractivity contribution is 0.0860. The Bertz CT molecular complexity index is 257. The van der Waals surface area contributed by atoms with Gasteiger partial charge < -0.3 is 9.67 Å². The van der Waals surface area contributed by atoms with Crippen molar-refractivity contribution < 1.29 is 5.11 Å². The van der Waals surface area contributed by atoms with E-state index in [-0.39, 0.29) is 6.10 Å². The highest BCUT2D eigenvalue weighted by Gasteiger charge is 2.24. The van der Waals surface area contributed by atoms with Gasteiger partial charge in [-0.3, -0.25) is 0 Å². The summed E-state index contributed by atoms with van der Waals surface area (Å²) in [6, 6.07) is 0. The first-order valence-electron chi connectivity index (χ1n) is 4.97. The highest BCUT2D eigenvalue weighted by molar-refractivity contribution is 5.06. The van der Waals surface area contributed by atoms with Crippen LogP contribution in [-0.2, 0) is 6.54 Å². The Labute approximate surface area is 79.4 Å². The van der Waals surface area contributed by atoms with Crippen molar-refractivity contribution in [2.24, 2.45) is 5.92 Å². The summed E-state index contributed by atoms with van der Waals surface area (Å²) in [6.45, 7) is 7.06. The molecule has 0 aromatic carbocycles. The molecule has 1 N–H and O–H groups in total. The fourth-order valence-electron chi connectivity index (χ4n) is 1.56. The SMILES string of the molecule is CC.CC1CCn2cncc2C1O. The summed E-state index contributed by atoms with van der Waals surface area (Å²) < 4.78 is 2.02. The molecule has 0 aliphatic carbocycles. The lowest BCUT2D eigenvalue weighted by Crippen LogP contribution is -2.21. The molecule has 0 fully saturated rings. The standard InChI is InChI=1S/C8H12N2O.C2H6/c1-6-2-3-10-5-9-4-7(10)8(6)11;1-2/h4-6,8,11H,2-3H2,1H3;1-2H3. The number of aryl methyl sites for hydroxylation is 1. The van der Waals surface area contributed by atoms with Gasteiger partial charge in [0, 0.05) is 6.54 Å². The second-order valence-corrected chi connectivity index (χ2v) is 3.22. The summed E-state index contributed by atoms with van der Waals surface area (Å²) in [5.74, 6) is 0.374. The van der Waals surface area contributed by atoms with Crippen LogP contribution in [0.3, 0.4) is 0 Å². The third kappa shape index (κ3) is 1.91. The number of nitrogens with zero attached hydrogens (tertiary/aromatic N) is 2. The number of fused-ring (bicyclic) bond motifs is 1. The van der Waals surface area contributed by atoms with E-state index in [0.29, 0.717) is 5.92 Å². The largest absolute Gasteiger partial charge is 0.387 e. The lowest BCUT2D eigenvalue weighted by atomic mass is 9.95. The zero-order valence-electron chi connectivity index (χ0n) is 8.57. The Morgan fingerprint density at radius 3 is 2.92 bits per heavy atom. The van der Waals surface area contributed by atoms with Gasteiger partial charge in [0.05, 0.1) is 24.3 Å². The molecule has 3 heteroatoms. The monoisotopic (exact) mass is 182 g/mol. The zero-order chi connectivity index (χ0) is 9.84. The summed E-state index contributed by atoms with van der Waals surface area (Å²) in [4.78, 5) is 3.99. The average molecular weight is 182 g/mol. The van der Waals surface area contributed by atoms with Crippen LogP contribution in [0.1, 0.15) is 39.0 Å². The predicted molar refractivity (Wildman–Crippen MR) is 52.3 cm³/mol. The van der Waals surface area contributed by atoms with Crippen LogP contribution in [-0.4, -0.2) is 14.7 Å². The number of aromatic nitrogens is 2. The van der Waals surface area contributed by atoms with E-state index >= 15 is 0 Å². The van der Waals surface area contributed by atoms with E-state index in [1.165, 1.54) is 0 Å². The molecule has 1 aliphatic rings. The van der Waals surface area contributed by atoms with Gasteiger partial charge in [-0.15, -0.1) is 0 Å². The third-order valence-corrected chi connectivity index (χ3v) is 2.41. The van der Waals surface area contributed by atoms with Crippen molar-refractivity contribution in [1.29, 1.82) is 0 Å². The fraction of sp³-hybridized carbons (Fsp3) is 0.700. The Morgan fingerprint density at radius 1 is 1.54 bits per heavy atom. The van der Waals surface area contributed by atoms with Gasteiger partial charge >= 0.3 is 0 Å². The summed E-state index contributed by atoms with van der Waals surface area (Å²) in [5.41, 5.74) is 0.962. The van der Waals surface area contributed by atoms with Crippen molar-refractivity contribution in [3.63, 3.8) is 0 Å². The van der Waals surface area contributed by atoms with Crippen LogP contribution >= 0.6 is 0 Å². The number of hydrogen-bond donors (Lipinski definition) is 1. The van der Waals surface area contributed by atoms with Gasteiger partial charge in [-0.1, -0.05) is 20.8 Å². The van der Waals surface area contributed by atoms with Crippen molar-refractivity contribution in [3.05, 3.63) is 18.2 Å². The number of imidazole rings is 1. The van der Waals surface area contributed by atoms with Crippen LogP contribution in [0.2, 0.25) is 0 Å². The molecule has 74 valence electrons. The lowest BCUT2D eigenvalue weighted by Gasteiger charge is -2.25.